The maximum atomic E-state index is 5.70. The Hall–Kier alpha value is -3.09. The fourth-order valence-electron chi connectivity index (χ4n) is 6.28. The van der Waals surface area contributed by atoms with Gasteiger partial charge in [0.1, 0.15) is 0 Å². The summed E-state index contributed by atoms with van der Waals surface area (Å²) in [7, 11) is 3.42. The van der Waals surface area contributed by atoms with E-state index in [2.05, 4.69) is 88.3 Å². The highest BCUT2D eigenvalue weighted by Gasteiger charge is 2.51. The summed E-state index contributed by atoms with van der Waals surface area (Å²) in [6.45, 7) is 2.78. The van der Waals surface area contributed by atoms with Gasteiger partial charge in [-0.25, -0.2) is 0 Å². The van der Waals surface area contributed by atoms with Crippen LogP contribution in [-0.4, -0.2) is 42.9 Å². The van der Waals surface area contributed by atoms with E-state index >= 15 is 0 Å². The highest BCUT2D eigenvalue weighted by molar-refractivity contribution is 7.80. The molecule has 0 amide bonds. The molecule has 1 saturated heterocycles. The molecule has 0 aromatic heterocycles. The number of fused-ring (bicyclic) bond motifs is 1. The number of benzene rings is 3. The van der Waals surface area contributed by atoms with Crippen LogP contribution < -0.4 is 20.1 Å². The van der Waals surface area contributed by atoms with Crippen molar-refractivity contribution in [3.63, 3.8) is 0 Å². The lowest BCUT2D eigenvalue weighted by Crippen LogP contribution is -2.53. The summed E-state index contributed by atoms with van der Waals surface area (Å²) in [5.74, 6) is 1.59. The van der Waals surface area contributed by atoms with Gasteiger partial charge in [0.05, 0.1) is 14.2 Å². The Morgan fingerprint density at radius 1 is 0.919 bits per heavy atom. The molecule has 3 aromatic carbocycles. The van der Waals surface area contributed by atoms with E-state index in [0.717, 1.165) is 61.9 Å². The minimum Gasteiger partial charge on any atom is -0.493 e. The molecule has 5 rings (SSSR count). The molecule has 3 atom stereocenters. The summed E-state index contributed by atoms with van der Waals surface area (Å²) >= 11 is 5.70. The van der Waals surface area contributed by atoms with Crippen molar-refractivity contribution in [3.8, 4) is 11.5 Å². The third-order valence-electron chi connectivity index (χ3n) is 8.19. The van der Waals surface area contributed by atoms with E-state index in [1.165, 1.54) is 16.7 Å². The van der Waals surface area contributed by atoms with Crippen LogP contribution in [0.25, 0.3) is 0 Å². The first-order chi connectivity index (χ1) is 18.1. The molecule has 5 nitrogen and oxygen atoms in total. The summed E-state index contributed by atoms with van der Waals surface area (Å²) in [6, 6.07) is 28.5. The maximum absolute atomic E-state index is 5.70. The fraction of sp³-hybridized carbons (Fsp3) is 0.387. The second-order valence-corrected chi connectivity index (χ2v) is 10.6. The Morgan fingerprint density at radius 2 is 1.62 bits per heavy atom. The number of methoxy groups -OCH3 is 2. The summed E-state index contributed by atoms with van der Waals surface area (Å²) in [4.78, 5) is 2.68. The number of thiocarbonyl (C=S) groups is 1. The number of nitrogens with one attached hydrogen (secondary N) is 2. The first-order valence-electron chi connectivity index (χ1n) is 13.2. The van der Waals surface area contributed by atoms with Crippen molar-refractivity contribution in [2.75, 3.05) is 20.8 Å². The molecular weight excluding hydrogens is 478 g/mol. The lowest BCUT2D eigenvalue weighted by atomic mass is 9.65. The van der Waals surface area contributed by atoms with E-state index < -0.39 is 0 Å². The Bertz CT molecular complexity index is 1190. The molecule has 1 aliphatic carbocycles. The lowest BCUT2D eigenvalue weighted by molar-refractivity contribution is 0.134. The molecule has 0 bridgehead atoms. The number of rotatable bonds is 8. The molecule has 1 aliphatic heterocycles. The van der Waals surface area contributed by atoms with Crippen LogP contribution in [0.15, 0.2) is 78.9 Å². The number of hydrogen-bond donors (Lipinski definition) is 2. The average molecular weight is 516 g/mol. The Kier molecular flexibility index (Phi) is 7.96. The zero-order valence-electron chi connectivity index (χ0n) is 21.8. The van der Waals surface area contributed by atoms with Gasteiger partial charge in [0.25, 0.3) is 0 Å². The summed E-state index contributed by atoms with van der Waals surface area (Å²) in [5, 5.41) is 7.78. The zero-order chi connectivity index (χ0) is 25.7. The summed E-state index contributed by atoms with van der Waals surface area (Å²) < 4.78 is 11.2. The minimum atomic E-state index is 0.0889. The lowest BCUT2D eigenvalue weighted by Gasteiger charge is -2.46. The Labute approximate surface area is 226 Å². The first-order valence-corrected chi connectivity index (χ1v) is 13.6. The predicted octanol–water partition coefficient (Wildman–Crippen LogP) is 5.43. The van der Waals surface area contributed by atoms with Crippen LogP contribution in [0, 0.1) is 0 Å². The van der Waals surface area contributed by atoms with Crippen molar-refractivity contribution in [2.24, 2.45) is 0 Å². The normalized spacial score (nSPS) is 23.2. The van der Waals surface area contributed by atoms with Gasteiger partial charge in [0.2, 0.25) is 0 Å². The predicted molar refractivity (Wildman–Crippen MR) is 153 cm³/mol. The molecule has 6 heteroatoms. The van der Waals surface area contributed by atoms with Gasteiger partial charge in [-0.2, -0.15) is 0 Å². The molecule has 2 aliphatic rings. The standard InChI is InChI=1S/C31H37N3O2S/c1-35-27-14-13-25(19-28(27)36-2)31-16-15-26(33-30(37)32-21-23-9-5-3-6-10-23)20-29(31)34(18-17-31)22-24-11-7-4-8-12-24/h3-14,19,26,29H,15-18,20-22H2,1-2H3,(H2,32,33,37)/t26-,29+,31+/m1/s1. The van der Waals surface area contributed by atoms with E-state index in [1.54, 1.807) is 14.2 Å². The van der Waals surface area contributed by atoms with Gasteiger partial charge in [-0.15, -0.1) is 0 Å². The number of ether oxygens (including phenoxy) is 2. The Balaban J connectivity index is 1.35. The van der Waals surface area contributed by atoms with Crippen LogP contribution in [0.1, 0.15) is 42.4 Å². The van der Waals surface area contributed by atoms with E-state index in [1.807, 2.05) is 6.07 Å². The van der Waals surface area contributed by atoms with Crippen molar-refractivity contribution in [1.82, 2.24) is 15.5 Å². The molecule has 37 heavy (non-hydrogen) atoms. The number of hydrogen-bond acceptors (Lipinski definition) is 4. The van der Waals surface area contributed by atoms with Gasteiger partial charge in [-0.3, -0.25) is 4.90 Å². The van der Waals surface area contributed by atoms with E-state index in [0.29, 0.717) is 12.1 Å². The molecule has 1 saturated carbocycles. The van der Waals surface area contributed by atoms with Crippen LogP contribution >= 0.6 is 12.2 Å². The molecule has 0 unspecified atom stereocenters. The van der Waals surface area contributed by atoms with Crippen molar-refractivity contribution in [2.45, 2.75) is 56.3 Å². The van der Waals surface area contributed by atoms with Crippen molar-refractivity contribution >= 4 is 17.3 Å². The zero-order valence-corrected chi connectivity index (χ0v) is 22.6. The van der Waals surface area contributed by atoms with Crippen LogP contribution in [-0.2, 0) is 18.5 Å². The van der Waals surface area contributed by atoms with E-state index in [4.69, 9.17) is 21.7 Å². The second kappa shape index (κ2) is 11.5. The summed E-state index contributed by atoms with van der Waals surface area (Å²) in [5.41, 5.74) is 4.04. The van der Waals surface area contributed by atoms with Crippen molar-refractivity contribution < 1.29 is 9.47 Å². The third-order valence-corrected chi connectivity index (χ3v) is 8.45. The van der Waals surface area contributed by atoms with Crippen LogP contribution in [0.4, 0.5) is 0 Å². The first kappa shape index (κ1) is 25.6. The fourth-order valence-corrected chi connectivity index (χ4v) is 6.52. The molecule has 0 radical (unpaired) electrons. The van der Waals surface area contributed by atoms with Gasteiger partial charge >= 0.3 is 0 Å². The van der Waals surface area contributed by atoms with E-state index in [-0.39, 0.29) is 5.41 Å². The highest BCUT2D eigenvalue weighted by atomic mass is 32.1. The molecule has 194 valence electrons. The number of likely N-dealkylation sites (tertiary alicyclic amines) is 1. The monoisotopic (exact) mass is 515 g/mol. The largest absolute Gasteiger partial charge is 0.493 e. The highest BCUT2D eigenvalue weighted by Crippen LogP contribution is 2.50. The van der Waals surface area contributed by atoms with Crippen molar-refractivity contribution in [1.29, 1.82) is 0 Å². The molecule has 1 heterocycles. The smallest absolute Gasteiger partial charge is 0.166 e. The molecule has 2 fully saturated rings. The van der Waals surface area contributed by atoms with Crippen molar-refractivity contribution in [3.05, 3.63) is 95.6 Å². The third kappa shape index (κ3) is 5.60. The molecule has 2 N–H and O–H groups in total. The summed E-state index contributed by atoms with van der Waals surface area (Å²) in [6.07, 6.45) is 4.38. The van der Waals surface area contributed by atoms with E-state index in [9.17, 15) is 0 Å². The van der Waals surface area contributed by atoms with Gasteiger partial charge in [0, 0.05) is 30.6 Å². The topological polar surface area (TPSA) is 45.8 Å². The quantitative estimate of drug-likeness (QED) is 0.390. The van der Waals surface area contributed by atoms with Gasteiger partial charge in [0.15, 0.2) is 16.6 Å². The number of nitrogens with zero attached hydrogens (tertiary/aromatic N) is 1. The average Bonchev–Trinajstić information content (AvgIpc) is 3.31. The molecule has 0 spiro atoms. The second-order valence-electron chi connectivity index (χ2n) is 10.2. The Morgan fingerprint density at radius 3 is 2.32 bits per heavy atom. The van der Waals surface area contributed by atoms with Crippen LogP contribution in [0.5, 0.6) is 11.5 Å². The SMILES string of the molecule is COc1ccc([C@@]23CC[C@@H](NC(=S)NCc4ccccc4)C[C@@H]2N(Cc2ccccc2)CC3)cc1OC. The van der Waals surface area contributed by atoms with Crippen LogP contribution in [0.3, 0.4) is 0 Å². The van der Waals surface area contributed by atoms with Gasteiger partial charge in [-0.05, 0) is 73.3 Å². The van der Waals surface area contributed by atoms with Gasteiger partial charge < -0.3 is 20.1 Å². The maximum Gasteiger partial charge on any atom is 0.166 e. The van der Waals surface area contributed by atoms with Crippen LogP contribution in [0.2, 0.25) is 0 Å². The van der Waals surface area contributed by atoms with Gasteiger partial charge in [-0.1, -0.05) is 66.7 Å². The minimum absolute atomic E-state index is 0.0889. The molecular formula is C31H37N3O2S. The molecule has 3 aromatic rings.